The van der Waals surface area contributed by atoms with Gasteiger partial charge in [-0.05, 0) is 38.1 Å². The average Bonchev–Trinajstić information content (AvgIpc) is 2.75. The zero-order valence-electron chi connectivity index (χ0n) is 11.3. The number of nitrogens with one attached hydrogen (secondary N) is 1. The number of aryl methyl sites for hydroxylation is 2. The molecule has 0 fully saturated rings. The summed E-state index contributed by atoms with van der Waals surface area (Å²) in [5, 5.41) is 15.7. The van der Waals surface area contributed by atoms with Gasteiger partial charge in [-0.25, -0.2) is 0 Å². The van der Waals surface area contributed by atoms with Crippen LogP contribution in [0.25, 0.3) is 0 Å². The lowest BCUT2D eigenvalue weighted by atomic mass is 10.2. The van der Waals surface area contributed by atoms with E-state index in [4.69, 9.17) is 11.0 Å². The van der Waals surface area contributed by atoms with Gasteiger partial charge in [-0.1, -0.05) is 0 Å². The number of carbonyl (C=O) groups excluding carboxylic acids is 1. The summed E-state index contributed by atoms with van der Waals surface area (Å²) in [5.74, 6) is -0.311. The van der Waals surface area contributed by atoms with Crippen LogP contribution in [0, 0.1) is 18.3 Å². The Bertz CT molecular complexity index is 679. The van der Waals surface area contributed by atoms with E-state index in [0.29, 0.717) is 34.9 Å². The van der Waals surface area contributed by atoms with Gasteiger partial charge in [-0.15, -0.1) is 0 Å². The minimum atomic E-state index is -0.311. The molecule has 2 aromatic rings. The Morgan fingerprint density at radius 1 is 1.45 bits per heavy atom. The maximum absolute atomic E-state index is 12.3. The first-order valence-electron chi connectivity index (χ1n) is 6.21. The van der Waals surface area contributed by atoms with Crippen molar-refractivity contribution in [2.45, 2.75) is 20.4 Å². The van der Waals surface area contributed by atoms with Crippen LogP contribution in [0.1, 0.15) is 28.7 Å². The highest BCUT2D eigenvalue weighted by Gasteiger charge is 2.19. The van der Waals surface area contributed by atoms with Crippen molar-refractivity contribution in [1.82, 2.24) is 9.78 Å². The van der Waals surface area contributed by atoms with E-state index in [0.717, 1.165) is 0 Å². The zero-order valence-corrected chi connectivity index (χ0v) is 11.3. The summed E-state index contributed by atoms with van der Waals surface area (Å²) in [7, 11) is 0. The molecule has 0 saturated heterocycles. The number of nitrogens with two attached hydrogens (primary N) is 1. The average molecular weight is 269 g/mol. The maximum Gasteiger partial charge on any atom is 0.276 e. The molecule has 0 bridgehead atoms. The molecule has 0 spiro atoms. The van der Waals surface area contributed by atoms with Gasteiger partial charge < -0.3 is 11.1 Å². The number of nitrogen functional groups attached to an aromatic ring is 1. The van der Waals surface area contributed by atoms with Gasteiger partial charge in [0.05, 0.1) is 23.0 Å². The number of nitriles is 1. The predicted molar refractivity (Wildman–Crippen MR) is 76.2 cm³/mol. The molecular formula is C14H15N5O. The van der Waals surface area contributed by atoms with Crippen molar-refractivity contribution in [3.63, 3.8) is 0 Å². The van der Waals surface area contributed by atoms with Crippen LogP contribution in [0.2, 0.25) is 0 Å². The molecule has 1 amide bonds. The van der Waals surface area contributed by atoms with Crippen molar-refractivity contribution >= 4 is 17.3 Å². The Labute approximate surface area is 116 Å². The van der Waals surface area contributed by atoms with E-state index in [1.54, 1.807) is 35.9 Å². The van der Waals surface area contributed by atoms with Gasteiger partial charge in [0.25, 0.3) is 5.91 Å². The number of rotatable bonds is 3. The topological polar surface area (TPSA) is 96.7 Å². The number of anilines is 2. The van der Waals surface area contributed by atoms with E-state index >= 15 is 0 Å². The van der Waals surface area contributed by atoms with E-state index in [1.165, 1.54) is 0 Å². The number of benzene rings is 1. The number of aromatic nitrogens is 2. The summed E-state index contributed by atoms with van der Waals surface area (Å²) in [6.07, 6.45) is 0. The third-order valence-corrected chi connectivity index (χ3v) is 2.96. The quantitative estimate of drug-likeness (QED) is 0.889. The number of carbonyl (C=O) groups is 1. The molecule has 6 heteroatoms. The zero-order chi connectivity index (χ0) is 14.7. The Kier molecular flexibility index (Phi) is 3.71. The molecule has 0 unspecified atom stereocenters. The second-order valence-electron chi connectivity index (χ2n) is 4.31. The summed E-state index contributed by atoms with van der Waals surface area (Å²) in [6, 6.07) is 8.65. The third-order valence-electron chi connectivity index (χ3n) is 2.96. The normalized spacial score (nSPS) is 10.1. The number of hydrogen-bond donors (Lipinski definition) is 2. The van der Waals surface area contributed by atoms with Gasteiger partial charge in [-0.2, -0.15) is 10.4 Å². The van der Waals surface area contributed by atoms with Gasteiger partial charge in [0, 0.05) is 12.2 Å². The minimum absolute atomic E-state index is 0.311. The SMILES string of the molecule is CCn1nc(C)c(N)c1C(=O)Nc1ccc(C#N)cc1. The summed E-state index contributed by atoms with van der Waals surface area (Å²) in [6.45, 7) is 4.22. The van der Waals surface area contributed by atoms with Crippen LogP contribution < -0.4 is 11.1 Å². The lowest BCUT2D eigenvalue weighted by Gasteiger charge is -2.07. The highest BCUT2D eigenvalue weighted by molar-refractivity contribution is 6.06. The third kappa shape index (κ3) is 2.47. The maximum atomic E-state index is 12.3. The molecule has 20 heavy (non-hydrogen) atoms. The van der Waals surface area contributed by atoms with E-state index in [1.807, 2.05) is 13.0 Å². The van der Waals surface area contributed by atoms with Crippen molar-refractivity contribution in [1.29, 1.82) is 5.26 Å². The van der Waals surface area contributed by atoms with Crippen molar-refractivity contribution in [2.75, 3.05) is 11.1 Å². The summed E-state index contributed by atoms with van der Waals surface area (Å²) >= 11 is 0. The molecule has 1 aromatic heterocycles. The van der Waals surface area contributed by atoms with Crippen molar-refractivity contribution < 1.29 is 4.79 Å². The van der Waals surface area contributed by atoms with E-state index in [-0.39, 0.29) is 5.91 Å². The summed E-state index contributed by atoms with van der Waals surface area (Å²) in [5.41, 5.74) is 8.42. The van der Waals surface area contributed by atoms with Crippen molar-refractivity contribution in [3.8, 4) is 6.07 Å². The fraction of sp³-hybridized carbons (Fsp3) is 0.214. The summed E-state index contributed by atoms with van der Waals surface area (Å²) in [4.78, 5) is 12.3. The van der Waals surface area contributed by atoms with Crippen molar-refractivity contribution in [3.05, 3.63) is 41.2 Å². The highest BCUT2D eigenvalue weighted by Crippen LogP contribution is 2.18. The minimum Gasteiger partial charge on any atom is -0.395 e. The van der Waals surface area contributed by atoms with Gasteiger partial charge >= 0.3 is 0 Å². The molecule has 3 N–H and O–H groups in total. The highest BCUT2D eigenvalue weighted by atomic mass is 16.2. The summed E-state index contributed by atoms with van der Waals surface area (Å²) < 4.78 is 1.57. The largest absolute Gasteiger partial charge is 0.395 e. The molecule has 0 saturated carbocycles. The fourth-order valence-corrected chi connectivity index (χ4v) is 1.88. The molecule has 0 aliphatic carbocycles. The monoisotopic (exact) mass is 269 g/mol. The molecule has 1 aromatic carbocycles. The van der Waals surface area contributed by atoms with Gasteiger partial charge in [0.2, 0.25) is 0 Å². The molecule has 0 aliphatic rings. The smallest absolute Gasteiger partial charge is 0.276 e. The predicted octanol–water partition coefficient (Wildman–Crippen LogP) is 1.92. The second kappa shape index (κ2) is 5.45. The standard InChI is InChI=1S/C14H15N5O/c1-3-19-13(12(16)9(2)18-19)14(20)17-11-6-4-10(8-15)5-7-11/h4-7H,3,16H2,1-2H3,(H,17,20). The molecule has 0 atom stereocenters. The molecule has 102 valence electrons. The number of amides is 1. The van der Waals surface area contributed by atoms with Gasteiger partial charge in [-0.3, -0.25) is 9.48 Å². The molecule has 6 nitrogen and oxygen atoms in total. The van der Waals surface area contributed by atoms with Crippen LogP contribution in [-0.2, 0) is 6.54 Å². The molecular weight excluding hydrogens is 254 g/mol. The van der Waals surface area contributed by atoms with Crippen LogP contribution in [0.5, 0.6) is 0 Å². The molecule has 0 radical (unpaired) electrons. The molecule has 0 aliphatic heterocycles. The van der Waals surface area contributed by atoms with Crippen LogP contribution in [0.3, 0.4) is 0 Å². The van der Waals surface area contributed by atoms with Gasteiger partial charge in [0.15, 0.2) is 0 Å². The van der Waals surface area contributed by atoms with E-state index < -0.39 is 0 Å². The fourth-order valence-electron chi connectivity index (χ4n) is 1.88. The molecule has 1 heterocycles. The number of hydrogen-bond acceptors (Lipinski definition) is 4. The Morgan fingerprint density at radius 2 is 2.10 bits per heavy atom. The van der Waals surface area contributed by atoms with Crippen LogP contribution in [-0.4, -0.2) is 15.7 Å². The van der Waals surface area contributed by atoms with Gasteiger partial charge in [0.1, 0.15) is 5.69 Å². The first-order chi connectivity index (χ1) is 9.56. The number of nitrogens with zero attached hydrogens (tertiary/aromatic N) is 3. The Balaban J connectivity index is 2.26. The lowest BCUT2D eigenvalue weighted by Crippen LogP contribution is -2.18. The van der Waals surface area contributed by atoms with Crippen molar-refractivity contribution in [2.24, 2.45) is 0 Å². The first-order valence-corrected chi connectivity index (χ1v) is 6.21. The first kappa shape index (κ1) is 13.6. The van der Waals surface area contributed by atoms with Crippen LogP contribution in [0.15, 0.2) is 24.3 Å². The lowest BCUT2D eigenvalue weighted by molar-refractivity contribution is 0.101. The van der Waals surface area contributed by atoms with E-state index in [9.17, 15) is 4.79 Å². The van der Waals surface area contributed by atoms with Crippen LogP contribution >= 0.6 is 0 Å². The second-order valence-corrected chi connectivity index (χ2v) is 4.31. The molecule has 2 rings (SSSR count). The Hall–Kier alpha value is -2.81. The van der Waals surface area contributed by atoms with Crippen LogP contribution in [0.4, 0.5) is 11.4 Å². The Morgan fingerprint density at radius 3 is 2.65 bits per heavy atom. The van der Waals surface area contributed by atoms with E-state index in [2.05, 4.69) is 10.4 Å².